The third-order valence-corrected chi connectivity index (χ3v) is 5.75. The largest absolute Gasteiger partial charge is 0.478 e. The predicted octanol–water partition coefficient (Wildman–Crippen LogP) is 4.14. The van der Waals surface area contributed by atoms with Crippen LogP contribution in [0.25, 0.3) is 10.9 Å². The summed E-state index contributed by atoms with van der Waals surface area (Å²) < 4.78 is 0. The van der Waals surface area contributed by atoms with Crippen molar-refractivity contribution in [2.45, 2.75) is 31.7 Å². The Morgan fingerprint density at radius 2 is 2.21 bits per heavy atom. The molecule has 0 bridgehead atoms. The second-order valence-corrected chi connectivity index (χ2v) is 7.31. The Kier molecular flexibility index (Phi) is 4.12. The number of aromatic carboxylic acids is 1. The van der Waals surface area contributed by atoms with E-state index in [2.05, 4.69) is 27.8 Å². The van der Waals surface area contributed by atoms with Crippen molar-refractivity contribution in [3.63, 3.8) is 0 Å². The molecule has 1 atom stereocenters. The van der Waals surface area contributed by atoms with Crippen molar-refractivity contribution in [1.82, 2.24) is 10.3 Å². The summed E-state index contributed by atoms with van der Waals surface area (Å²) >= 11 is 1.81. The number of hydrogen-bond donors (Lipinski definition) is 3. The van der Waals surface area contributed by atoms with Crippen LogP contribution < -0.4 is 5.32 Å². The van der Waals surface area contributed by atoms with Gasteiger partial charge in [-0.05, 0) is 55.3 Å². The number of hydrogen-bond acceptors (Lipinski definition) is 3. The first kappa shape index (κ1) is 15.4. The number of H-pyrrole nitrogens is 1. The van der Waals surface area contributed by atoms with Crippen molar-refractivity contribution < 1.29 is 9.90 Å². The molecule has 0 amide bonds. The van der Waals surface area contributed by atoms with E-state index in [0.717, 1.165) is 43.1 Å². The van der Waals surface area contributed by atoms with Gasteiger partial charge in [0.15, 0.2) is 0 Å². The minimum Gasteiger partial charge on any atom is -0.478 e. The summed E-state index contributed by atoms with van der Waals surface area (Å²) in [5, 5.41) is 16.2. The molecule has 0 radical (unpaired) electrons. The van der Waals surface area contributed by atoms with E-state index in [-0.39, 0.29) is 6.04 Å². The molecule has 3 N–H and O–H groups in total. The van der Waals surface area contributed by atoms with Crippen LogP contribution in [0.3, 0.4) is 0 Å². The highest BCUT2D eigenvalue weighted by atomic mass is 32.1. The van der Waals surface area contributed by atoms with Gasteiger partial charge in [-0.1, -0.05) is 18.2 Å². The lowest BCUT2D eigenvalue weighted by molar-refractivity contribution is 0.0699. The first-order valence-corrected chi connectivity index (χ1v) is 9.24. The van der Waals surface area contributed by atoms with Gasteiger partial charge < -0.3 is 15.4 Å². The van der Waals surface area contributed by atoms with Gasteiger partial charge in [0.25, 0.3) is 0 Å². The highest BCUT2D eigenvalue weighted by Crippen LogP contribution is 2.33. The number of aromatic nitrogens is 1. The molecule has 24 heavy (non-hydrogen) atoms. The first-order valence-electron chi connectivity index (χ1n) is 8.36. The molecule has 124 valence electrons. The molecule has 4 nitrogen and oxygen atoms in total. The number of carbonyl (C=O) groups is 1. The molecule has 1 aromatic carbocycles. The standard InChI is InChI=1S/C19H20N2O2S/c22-19(23)15-7-2-6-13-14-9-10-20-16(18(14)21-17(13)15)8-1-4-12-5-3-11-24-12/h2-3,5-7,11,16,20-21H,1,4,8-10H2,(H,22,23). The molecule has 3 aromatic rings. The molecule has 2 aromatic heterocycles. The van der Waals surface area contributed by atoms with Crippen LogP contribution in [-0.4, -0.2) is 22.6 Å². The monoisotopic (exact) mass is 340 g/mol. The average molecular weight is 340 g/mol. The maximum Gasteiger partial charge on any atom is 0.337 e. The number of aryl methyl sites for hydroxylation is 1. The van der Waals surface area contributed by atoms with Crippen LogP contribution in [0.2, 0.25) is 0 Å². The van der Waals surface area contributed by atoms with Gasteiger partial charge in [-0.25, -0.2) is 4.79 Å². The van der Waals surface area contributed by atoms with E-state index in [4.69, 9.17) is 0 Å². The Balaban J connectivity index is 1.61. The number of carboxylic acids is 1. The van der Waals surface area contributed by atoms with E-state index < -0.39 is 5.97 Å². The smallest absolute Gasteiger partial charge is 0.337 e. The van der Waals surface area contributed by atoms with Crippen LogP contribution in [0.15, 0.2) is 35.7 Å². The SMILES string of the molecule is O=C(O)c1cccc2c3c([nH]c12)C(CCCc1cccs1)NCC3. The van der Waals surface area contributed by atoms with E-state index in [1.54, 1.807) is 6.07 Å². The zero-order valence-electron chi connectivity index (χ0n) is 13.3. The Morgan fingerprint density at radius 3 is 3.00 bits per heavy atom. The Morgan fingerprint density at radius 1 is 1.29 bits per heavy atom. The maximum atomic E-state index is 11.5. The molecular formula is C19H20N2O2S. The van der Waals surface area contributed by atoms with Crippen LogP contribution in [0.4, 0.5) is 0 Å². The second-order valence-electron chi connectivity index (χ2n) is 6.28. The Bertz CT molecular complexity index is 867. The summed E-state index contributed by atoms with van der Waals surface area (Å²) in [7, 11) is 0. The normalized spacial score (nSPS) is 17.1. The fourth-order valence-corrected chi connectivity index (χ4v) is 4.45. The molecule has 1 aliphatic rings. The van der Waals surface area contributed by atoms with Gasteiger partial charge in [0, 0.05) is 22.0 Å². The Hall–Kier alpha value is -2.11. The molecule has 4 rings (SSSR count). The summed E-state index contributed by atoms with van der Waals surface area (Å²) in [6.07, 6.45) is 4.23. The van der Waals surface area contributed by atoms with Crippen LogP contribution in [0.5, 0.6) is 0 Å². The molecule has 0 saturated heterocycles. The number of nitrogens with one attached hydrogen (secondary N) is 2. The fraction of sp³-hybridized carbons (Fsp3) is 0.316. The number of benzene rings is 1. The van der Waals surface area contributed by atoms with Crippen LogP contribution in [0.1, 0.15) is 45.4 Å². The first-order chi connectivity index (χ1) is 11.7. The molecule has 3 heterocycles. The van der Waals surface area contributed by atoms with E-state index in [1.807, 2.05) is 23.5 Å². The molecular weight excluding hydrogens is 320 g/mol. The lowest BCUT2D eigenvalue weighted by Crippen LogP contribution is -2.29. The van der Waals surface area contributed by atoms with Crippen molar-refractivity contribution >= 4 is 28.2 Å². The quantitative estimate of drug-likeness (QED) is 0.654. The summed E-state index contributed by atoms with van der Waals surface area (Å²) in [5.74, 6) is -0.874. The number of fused-ring (bicyclic) bond motifs is 3. The predicted molar refractivity (Wildman–Crippen MR) is 97.0 cm³/mol. The minimum atomic E-state index is -0.874. The van der Waals surface area contributed by atoms with Gasteiger partial charge in [0.2, 0.25) is 0 Å². The van der Waals surface area contributed by atoms with Gasteiger partial charge in [0.05, 0.1) is 11.1 Å². The van der Waals surface area contributed by atoms with E-state index in [1.165, 1.54) is 16.1 Å². The van der Waals surface area contributed by atoms with E-state index >= 15 is 0 Å². The summed E-state index contributed by atoms with van der Waals surface area (Å²) in [6.45, 7) is 0.945. The molecule has 5 heteroatoms. The number of rotatable bonds is 5. The van der Waals surface area contributed by atoms with Crippen molar-refractivity contribution in [2.24, 2.45) is 0 Å². The highest BCUT2D eigenvalue weighted by Gasteiger charge is 2.25. The number of thiophene rings is 1. The molecule has 1 unspecified atom stereocenters. The third-order valence-electron chi connectivity index (χ3n) is 4.82. The van der Waals surface area contributed by atoms with E-state index in [9.17, 15) is 9.90 Å². The molecule has 0 saturated carbocycles. The summed E-state index contributed by atoms with van der Waals surface area (Å²) in [6, 6.07) is 10.1. The van der Waals surface area contributed by atoms with Gasteiger partial charge in [0.1, 0.15) is 0 Å². The van der Waals surface area contributed by atoms with Crippen molar-refractivity contribution in [3.8, 4) is 0 Å². The molecule has 0 aliphatic carbocycles. The van der Waals surface area contributed by atoms with Crippen molar-refractivity contribution in [2.75, 3.05) is 6.54 Å². The number of aromatic amines is 1. The van der Waals surface area contributed by atoms with Crippen LogP contribution >= 0.6 is 11.3 Å². The summed E-state index contributed by atoms with van der Waals surface area (Å²) in [5.41, 5.74) is 3.59. The van der Waals surface area contributed by atoms with Gasteiger partial charge in [-0.3, -0.25) is 0 Å². The maximum absolute atomic E-state index is 11.5. The minimum absolute atomic E-state index is 0.280. The van der Waals surface area contributed by atoms with E-state index in [0.29, 0.717) is 5.56 Å². The lowest BCUT2D eigenvalue weighted by atomic mass is 9.95. The summed E-state index contributed by atoms with van der Waals surface area (Å²) in [4.78, 5) is 16.3. The lowest BCUT2D eigenvalue weighted by Gasteiger charge is -2.24. The molecule has 0 spiro atoms. The van der Waals surface area contributed by atoms with Gasteiger partial charge in [-0.2, -0.15) is 0 Å². The number of para-hydroxylation sites is 1. The van der Waals surface area contributed by atoms with Crippen molar-refractivity contribution in [1.29, 1.82) is 0 Å². The zero-order valence-corrected chi connectivity index (χ0v) is 14.2. The molecule has 1 aliphatic heterocycles. The van der Waals surface area contributed by atoms with Gasteiger partial charge >= 0.3 is 5.97 Å². The topological polar surface area (TPSA) is 65.1 Å². The highest BCUT2D eigenvalue weighted by molar-refractivity contribution is 7.09. The average Bonchev–Trinajstić information content (AvgIpc) is 3.22. The number of carboxylic acid groups (broad SMARTS) is 1. The van der Waals surface area contributed by atoms with Crippen molar-refractivity contribution in [3.05, 3.63) is 57.4 Å². The second kappa shape index (κ2) is 6.42. The fourth-order valence-electron chi connectivity index (χ4n) is 3.69. The van der Waals surface area contributed by atoms with Crippen LogP contribution in [0, 0.1) is 0 Å². The molecule has 0 fully saturated rings. The van der Waals surface area contributed by atoms with Crippen LogP contribution in [-0.2, 0) is 12.8 Å². The van der Waals surface area contributed by atoms with Gasteiger partial charge in [-0.15, -0.1) is 11.3 Å². The Labute approximate surface area is 144 Å². The third kappa shape index (κ3) is 2.74. The zero-order chi connectivity index (χ0) is 16.5.